The van der Waals surface area contributed by atoms with E-state index in [2.05, 4.69) is 0 Å². The third kappa shape index (κ3) is 4.07. The van der Waals surface area contributed by atoms with Crippen LogP contribution in [0.15, 0.2) is 0 Å². The molecule has 0 aromatic rings. The summed E-state index contributed by atoms with van der Waals surface area (Å²) in [6, 6.07) is 0. The summed E-state index contributed by atoms with van der Waals surface area (Å²) in [6.07, 6.45) is 0.761. The Hall–Kier alpha value is -0.0900. The topological polar surface area (TPSA) is 46.7 Å². The van der Waals surface area contributed by atoms with Crippen molar-refractivity contribution in [1.29, 1.82) is 0 Å². The van der Waals surface area contributed by atoms with Crippen molar-refractivity contribution < 1.29 is 13.2 Å². The van der Waals surface area contributed by atoms with Gasteiger partial charge in [0.05, 0.1) is 24.2 Å². The van der Waals surface area contributed by atoms with E-state index in [1.54, 1.807) is 0 Å². The predicted molar refractivity (Wildman–Crippen MR) is 47.8 cm³/mol. The Morgan fingerprint density at radius 1 is 1.50 bits per heavy atom. The molecule has 1 fully saturated rings. The van der Waals surface area contributed by atoms with E-state index in [9.17, 15) is 8.42 Å². The highest BCUT2D eigenvalue weighted by molar-refractivity contribution is 7.91. The molecule has 0 bridgehead atoms. The lowest BCUT2D eigenvalue weighted by Gasteiger charge is -2.04. The molecule has 0 aromatic carbocycles. The fourth-order valence-corrected chi connectivity index (χ4v) is 2.70. The summed E-state index contributed by atoms with van der Waals surface area (Å²) in [7, 11) is -2.84. The van der Waals surface area contributed by atoms with Crippen molar-refractivity contribution in [1.82, 2.24) is 0 Å². The fourth-order valence-electron chi connectivity index (χ4n) is 0.946. The maximum absolute atomic E-state index is 11.3. The van der Waals surface area contributed by atoms with Crippen molar-refractivity contribution in [3.05, 3.63) is 0 Å². The van der Waals surface area contributed by atoms with E-state index in [1.165, 1.54) is 0 Å². The normalized spacial score (nSPS) is 23.1. The zero-order valence-corrected chi connectivity index (χ0v) is 8.43. The summed E-state index contributed by atoms with van der Waals surface area (Å²) in [4.78, 5) is 0. The molecule has 4 heteroatoms. The third-order valence-electron chi connectivity index (χ3n) is 1.85. The molecule has 0 saturated carbocycles. The molecular formula is C8H16O3S. The van der Waals surface area contributed by atoms with E-state index in [1.807, 2.05) is 13.8 Å². The molecule has 1 aliphatic rings. The molecule has 72 valence electrons. The summed E-state index contributed by atoms with van der Waals surface area (Å²) in [6.45, 7) is 4.69. The quantitative estimate of drug-likeness (QED) is 0.607. The maximum atomic E-state index is 11.3. The Morgan fingerprint density at radius 3 is 2.50 bits per heavy atom. The largest absolute Gasteiger partial charge is 0.372 e. The molecule has 1 unspecified atom stereocenters. The van der Waals surface area contributed by atoms with Crippen LogP contribution in [0.3, 0.4) is 0 Å². The van der Waals surface area contributed by atoms with E-state index < -0.39 is 9.84 Å². The average Bonchev–Trinajstić information content (AvgIpc) is 2.67. The molecule has 0 N–H and O–H groups in total. The maximum Gasteiger partial charge on any atom is 0.152 e. The molecule has 0 spiro atoms. The lowest BCUT2D eigenvalue weighted by Crippen LogP contribution is -2.16. The summed E-state index contributed by atoms with van der Waals surface area (Å²) in [5.74, 6) is 0.990. The van der Waals surface area contributed by atoms with Crippen molar-refractivity contribution in [3.8, 4) is 0 Å². The lowest BCUT2D eigenvalue weighted by molar-refractivity contribution is 0.422. The summed E-state index contributed by atoms with van der Waals surface area (Å²) in [5.41, 5.74) is 0. The minimum Gasteiger partial charge on any atom is -0.372 e. The monoisotopic (exact) mass is 192 g/mol. The van der Waals surface area contributed by atoms with Gasteiger partial charge >= 0.3 is 0 Å². The van der Waals surface area contributed by atoms with Gasteiger partial charge in [-0.3, -0.25) is 0 Å². The highest BCUT2D eigenvalue weighted by Crippen LogP contribution is 2.13. The first-order valence-electron chi connectivity index (χ1n) is 4.31. The van der Waals surface area contributed by atoms with Crippen LogP contribution in [0.4, 0.5) is 0 Å². The van der Waals surface area contributed by atoms with E-state index in [0.717, 1.165) is 6.42 Å². The number of sulfone groups is 1. The molecule has 0 aromatic heterocycles. The van der Waals surface area contributed by atoms with Gasteiger partial charge in [0, 0.05) is 0 Å². The third-order valence-corrected chi connectivity index (χ3v) is 3.59. The predicted octanol–water partition coefficient (Wildman–Crippen LogP) is 0.846. The van der Waals surface area contributed by atoms with Gasteiger partial charge in [-0.15, -0.1) is 0 Å². The highest BCUT2D eigenvalue weighted by Gasteiger charge is 2.28. The number of hydrogen-bond acceptors (Lipinski definition) is 3. The molecule has 0 aliphatic carbocycles. The first-order valence-corrected chi connectivity index (χ1v) is 6.14. The van der Waals surface area contributed by atoms with Gasteiger partial charge in [0.1, 0.15) is 0 Å². The molecule has 0 radical (unpaired) electrons. The van der Waals surface area contributed by atoms with Gasteiger partial charge in [-0.1, -0.05) is 13.8 Å². The zero-order chi connectivity index (χ0) is 9.19. The Morgan fingerprint density at radius 2 is 2.08 bits per heavy atom. The van der Waals surface area contributed by atoms with E-state index in [0.29, 0.717) is 18.3 Å². The fraction of sp³-hybridized carbons (Fsp3) is 1.00. The number of epoxide rings is 1. The van der Waals surface area contributed by atoms with Gasteiger partial charge in [-0.05, 0) is 12.3 Å². The summed E-state index contributed by atoms with van der Waals surface area (Å²) in [5, 5.41) is 0. The first-order chi connectivity index (χ1) is 5.49. The van der Waals surface area contributed by atoms with Crippen LogP contribution in [0.2, 0.25) is 0 Å². The van der Waals surface area contributed by atoms with E-state index in [-0.39, 0.29) is 11.9 Å². The van der Waals surface area contributed by atoms with Crippen LogP contribution >= 0.6 is 0 Å². The highest BCUT2D eigenvalue weighted by atomic mass is 32.2. The molecule has 3 nitrogen and oxygen atoms in total. The number of hydrogen-bond donors (Lipinski definition) is 0. The van der Waals surface area contributed by atoms with Crippen LogP contribution in [0.25, 0.3) is 0 Å². The van der Waals surface area contributed by atoms with Crippen LogP contribution in [0.5, 0.6) is 0 Å². The van der Waals surface area contributed by atoms with Crippen molar-refractivity contribution in [2.75, 3.05) is 18.1 Å². The van der Waals surface area contributed by atoms with Crippen LogP contribution in [-0.4, -0.2) is 32.6 Å². The van der Waals surface area contributed by atoms with Gasteiger partial charge in [0.25, 0.3) is 0 Å². The Kier molecular flexibility index (Phi) is 3.12. The van der Waals surface area contributed by atoms with E-state index >= 15 is 0 Å². The van der Waals surface area contributed by atoms with Crippen molar-refractivity contribution >= 4 is 9.84 Å². The Labute approximate surface area is 74.0 Å². The van der Waals surface area contributed by atoms with Crippen LogP contribution < -0.4 is 0 Å². The smallest absolute Gasteiger partial charge is 0.152 e. The first kappa shape index (κ1) is 9.99. The van der Waals surface area contributed by atoms with Crippen molar-refractivity contribution in [3.63, 3.8) is 0 Å². The molecule has 1 heterocycles. The summed E-state index contributed by atoms with van der Waals surface area (Å²) >= 11 is 0. The average molecular weight is 192 g/mol. The second-order valence-electron chi connectivity index (χ2n) is 3.75. The van der Waals surface area contributed by atoms with Gasteiger partial charge in [-0.25, -0.2) is 8.42 Å². The van der Waals surface area contributed by atoms with Gasteiger partial charge < -0.3 is 4.74 Å². The zero-order valence-electron chi connectivity index (χ0n) is 7.62. The Balaban J connectivity index is 2.27. The Bertz CT molecular complexity index is 227. The minimum atomic E-state index is -2.84. The molecule has 1 aliphatic heterocycles. The van der Waals surface area contributed by atoms with Gasteiger partial charge in [0.15, 0.2) is 9.84 Å². The molecular weight excluding hydrogens is 176 g/mol. The van der Waals surface area contributed by atoms with Gasteiger partial charge in [-0.2, -0.15) is 0 Å². The second kappa shape index (κ2) is 3.75. The second-order valence-corrected chi connectivity index (χ2v) is 5.98. The molecule has 1 saturated heterocycles. The minimum absolute atomic E-state index is 0.00200. The summed E-state index contributed by atoms with van der Waals surface area (Å²) < 4.78 is 27.5. The number of rotatable bonds is 5. The van der Waals surface area contributed by atoms with Crippen LogP contribution in [0.1, 0.15) is 20.3 Å². The molecule has 1 rings (SSSR count). The van der Waals surface area contributed by atoms with Crippen molar-refractivity contribution in [2.45, 2.75) is 26.4 Å². The molecule has 1 atom stereocenters. The van der Waals surface area contributed by atoms with Crippen molar-refractivity contribution in [2.24, 2.45) is 5.92 Å². The molecule has 12 heavy (non-hydrogen) atoms. The number of ether oxygens (including phenoxy) is 1. The van der Waals surface area contributed by atoms with E-state index in [4.69, 9.17) is 4.74 Å². The molecule has 0 amide bonds. The standard InChI is InChI=1S/C8H16O3S/c1-7(2)3-4-12(9,10)6-8-5-11-8/h7-8H,3-6H2,1-2H3. The SMILES string of the molecule is CC(C)CCS(=O)(=O)CC1CO1. The lowest BCUT2D eigenvalue weighted by atomic mass is 10.2. The van der Waals surface area contributed by atoms with Gasteiger partial charge in [0.2, 0.25) is 0 Å². The van der Waals surface area contributed by atoms with Crippen LogP contribution in [0, 0.1) is 5.92 Å². The van der Waals surface area contributed by atoms with Crippen LogP contribution in [-0.2, 0) is 14.6 Å².